The molecule has 1 N–H and O–H groups in total. The van der Waals surface area contributed by atoms with Crippen LogP contribution in [0.1, 0.15) is 25.5 Å². The molecule has 1 atom stereocenters. The highest BCUT2D eigenvalue weighted by molar-refractivity contribution is 5.51. The van der Waals surface area contributed by atoms with E-state index in [1.54, 1.807) is 17.8 Å². The number of nitrogens with zero attached hydrogens (tertiary/aromatic N) is 2. The minimum absolute atomic E-state index is 0.185. The van der Waals surface area contributed by atoms with Gasteiger partial charge in [-0.05, 0) is 25.8 Å². The zero-order valence-corrected chi connectivity index (χ0v) is 8.60. The highest BCUT2D eigenvalue weighted by Gasteiger charge is 2.19. The van der Waals surface area contributed by atoms with E-state index in [9.17, 15) is 9.90 Å². The first-order chi connectivity index (χ1) is 6.55. The van der Waals surface area contributed by atoms with Crippen molar-refractivity contribution in [2.45, 2.75) is 31.8 Å². The number of rotatable bonds is 5. The quantitative estimate of drug-likeness (QED) is 0.705. The molecular formula is C10H16N2O2. The Bertz CT molecular complexity index is 305. The molecule has 0 aliphatic carbocycles. The Hall–Kier alpha value is -1.16. The third-order valence-corrected chi connectivity index (χ3v) is 2.37. The van der Waals surface area contributed by atoms with Crippen molar-refractivity contribution < 1.29 is 9.90 Å². The van der Waals surface area contributed by atoms with Crippen LogP contribution in [-0.4, -0.2) is 26.8 Å². The first kappa shape index (κ1) is 10.9. The molecule has 14 heavy (non-hydrogen) atoms. The highest BCUT2D eigenvalue weighted by atomic mass is 16.3. The van der Waals surface area contributed by atoms with Gasteiger partial charge in [0, 0.05) is 25.4 Å². The third-order valence-electron chi connectivity index (χ3n) is 2.37. The molecule has 0 aromatic carbocycles. The maximum absolute atomic E-state index is 10.3. The Morgan fingerprint density at radius 3 is 2.93 bits per heavy atom. The molecule has 1 unspecified atom stereocenters. The van der Waals surface area contributed by atoms with Gasteiger partial charge >= 0.3 is 0 Å². The van der Waals surface area contributed by atoms with Crippen LogP contribution < -0.4 is 0 Å². The Labute approximate surface area is 83.5 Å². The summed E-state index contributed by atoms with van der Waals surface area (Å²) in [5, 5.41) is 13.8. The molecule has 0 fully saturated rings. The van der Waals surface area contributed by atoms with Crippen LogP contribution in [0.5, 0.6) is 0 Å². The van der Waals surface area contributed by atoms with E-state index in [2.05, 4.69) is 5.10 Å². The summed E-state index contributed by atoms with van der Waals surface area (Å²) >= 11 is 0. The summed E-state index contributed by atoms with van der Waals surface area (Å²) in [7, 11) is 1.86. The molecule has 0 saturated carbocycles. The zero-order chi connectivity index (χ0) is 10.6. The molecule has 0 radical (unpaired) electrons. The number of hydrogen-bond donors (Lipinski definition) is 1. The zero-order valence-electron chi connectivity index (χ0n) is 8.60. The molecule has 0 aliphatic rings. The fourth-order valence-corrected chi connectivity index (χ4v) is 1.33. The minimum Gasteiger partial charge on any atom is -0.390 e. The molecular weight excluding hydrogens is 180 g/mol. The molecule has 1 aromatic heterocycles. The van der Waals surface area contributed by atoms with Gasteiger partial charge in [-0.25, -0.2) is 0 Å². The number of carbonyl (C=O) groups excluding carboxylic acids is 1. The van der Waals surface area contributed by atoms with Crippen LogP contribution in [-0.2, 0) is 18.3 Å². The number of aromatic nitrogens is 2. The van der Waals surface area contributed by atoms with Crippen molar-refractivity contribution in [2.75, 3.05) is 0 Å². The van der Waals surface area contributed by atoms with Crippen molar-refractivity contribution in [2.24, 2.45) is 7.05 Å². The van der Waals surface area contributed by atoms with E-state index >= 15 is 0 Å². The van der Waals surface area contributed by atoms with Gasteiger partial charge in [-0.1, -0.05) is 0 Å². The lowest BCUT2D eigenvalue weighted by atomic mass is 9.96. The fourth-order valence-electron chi connectivity index (χ4n) is 1.33. The van der Waals surface area contributed by atoms with Crippen LogP contribution in [0, 0.1) is 0 Å². The first-order valence-corrected chi connectivity index (χ1v) is 4.68. The van der Waals surface area contributed by atoms with Crippen molar-refractivity contribution in [3.05, 3.63) is 18.0 Å². The van der Waals surface area contributed by atoms with Crippen LogP contribution in [0.2, 0.25) is 0 Å². The normalized spacial score (nSPS) is 15.1. The molecule has 1 rings (SSSR count). The number of hydrogen-bond acceptors (Lipinski definition) is 3. The lowest BCUT2D eigenvalue weighted by molar-refractivity contribution is -0.111. The van der Waals surface area contributed by atoms with Gasteiger partial charge in [-0.15, -0.1) is 0 Å². The Morgan fingerprint density at radius 1 is 1.71 bits per heavy atom. The summed E-state index contributed by atoms with van der Waals surface area (Å²) in [5.74, 6) is 0. The van der Waals surface area contributed by atoms with Crippen molar-refractivity contribution in [1.29, 1.82) is 0 Å². The van der Waals surface area contributed by atoms with E-state index in [1.807, 2.05) is 13.1 Å². The van der Waals surface area contributed by atoms with Crippen molar-refractivity contribution in [3.8, 4) is 0 Å². The van der Waals surface area contributed by atoms with Gasteiger partial charge < -0.3 is 9.90 Å². The third kappa shape index (κ3) is 2.96. The lowest BCUT2D eigenvalue weighted by Crippen LogP contribution is -2.25. The van der Waals surface area contributed by atoms with Crippen molar-refractivity contribution in [3.63, 3.8) is 0 Å². The lowest BCUT2D eigenvalue weighted by Gasteiger charge is -2.19. The van der Waals surface area contributed by atoms with E-state index in [4.69, 9.17) is 0 Å². The standard InChI is InChI=1S/C10H16N2O2/c1-10(14,6-8-13)5-3-9-4-7-11-12(9)2/h4,7-8,14H,3,5-6H2,1-2H3. The number of carbonyl (C=O) groups is 1. The average Bonchev–Trinajstić information content (AvgIpc) is 2.48. The summed E-state index contributed by atoms with van der Waals surface area (Å²) in [5.41, 5.74) is 0.169. The molecule has 4 nitrogen and oxygen atoms in total. The highest BCUT2D eigenvalue weighted by Crippen LogP contribution is 2.16. The van der Waals surface area contributed by atoms with E-state index in [1.165, 1.54) is 0 Å². The van der Waals surface area contributed by atoms with Gasteiger partial charge in [0.25, 0.3) is 0 Å². The Morgan fingerprint density at radius 2 is 2.43 bits per heavy atom. The predicted octanol–water partition coefficient (Wildman–Crippen LogP) is 0.693. The fraction of sp³-hybridized carbons (Fsp3) is 0.600. The van der Waals surface area contributed by atoms with E-state index in [-0.39, 0.29) is 6.42 Å². The SMILES string of the molecule is Cn1nccc1CCC(C)(O)CC=O. The predicted molar refractivity (Wildman–Crippen MR) is 52.8 cm³/mol. The summed E-state index contributed by atoms with van der Waals surface area (Å²) < 4.78 is 1.77. The van der Waals surface area contributed by atoms with Crippen LogP contribution in [0.15, 0.2) is 12.3 Å². The van der Waals surface area contributed by atoms with Gasteiger partial charge in [-0.3, -0.25) is 4.68 Å². The Balaban J connectivity index is 2.48. The van der Waals surface area contributed by atoms with Crippen LogP contribution in [0.25, 0.3) is 0 Å². The summed E-state index contributed by atoms with van der Waals surface area (Å²) in [4.78, 5) is 10.3. The number of aliphatic hydroxyl groups is 1. The van der Waals surface area contributed by atoms with E-state index in [0.717, 1.165) is 18.4 Å². The number of aldehydes is 1. The largest absolute Gasteiger partial charge is 0.390 e. The molecule has 1 aromatic rings. The van der Waals surface area contributed by atoms with Gasteiger partial charge in [0.2, 0.25) is 0 Å². The maximum Gasteiger partial charge on any atom is 0.122 e. The second kappa shape index (κ2) is 4.37. The molecule has 78 valence electrons. The molecule has 0 bridgehead atoms. The summed E-state index contributed by atoms with van der Waals surface area (Å²) in [6.07, 6.45) is 3.97. The number of aryl methyl sites for hydroxylation is 2. The van der Waals surface area contributed by atoms with Gasteiger partial charge in [0.1, 0.15) is 6.29 Å². The maximum atomic E-state index is 10.3. The summed E-state index contributed by atoms with van der Waals surface area (Å²) in [6.45, 7) is 1.68. The van der Waals surface area contributed by atoms with Crippen molar-refractivity contribution >= 4 is 6.29 Å². The monoisotopic (exact) mass is 196 g/mol. The molecule has 0 amide bonds. The van der Waals surface area contributed by atoms with Gasteiger partial charge in [-0.2, -0.15) is 5.10 Å². The minimum atomic E-state index is -0.897. The van der Waals surface area contributed by atoms with Gasteiger partial charge in [0.15, 0.2) is 0 Å². The first-order valence-electron chi connectivity index (χ1n) is 4.68. The Kier molecular flexibility index (Phi) is 3.41. The molecule has 1 heterocycles. The average molecular weight is 196 g/mol. The van der Waals surface area contributed by atoms with Gasteiger partial charge in [0.05, 0.1) is 5.60 Å². The molecule has 0 aliphatic heterocycles. The van der Waals surface area contributed by atoms with E-state index < -0.39 is 5.60 Å². The van der Waals surface area contributed by atoms with E-state index in [0.29, 0.717) is 6.42 Å². The van der Waals surface area contributed by atoms with Crippen LogP contribution in [0.3, 0.4) is 0 Å². The second-order valence-electron chi connectivity index (χ2n) is 3.81. The van der Waals surface area contributed by atoms with Crippen molar-refractivity contribution in [1.82, 2.24) is 9.78 Å². The van der Waals surface area contributed by atoms with Crippen LogP contribution >= 0.6 is 0 Å². The van der Waals surface area contributed by atoms with Crippen LogP contribution in [0.4, 0.5) is 0 Å². The molecule has 4 heteroatoms. The molecule has 0 saturated heterocycles. The smallest absolute Gasteiger partial charge is 0.122 e. The summed E-state index contributed by atoms with van der Waals surface area (Å²) in [6, 6.07) is 1.91. The molecule has 0 spiro atoms. The second-order valence-corrected chi connectivity index (χ2v) is 3.81. The topological polar surface area (TPSA) is 55.1 Å².